The number of phenolic OH excluding ortho intramolecular Hbond substituents is 3. The Kier molecular flexibility index (Phi) is 14.7. The van der Waals surface area contributed by atoms with Crippen LogP contribution >= 0.6 is 0 Å². The van der Waals surface area contributed by atoms with Crippen molar-refractivity contribution in [3.05, 3.63) is 52.8 Å². The Balaban J connectivity index is 1.71. The van der Waals surface area contributed by atoms with Crippen molar-refractivity contribution < 1.29 is 58.9 Å². The van der Waals surface area contributed by atoms with Crippen molar-refractivity contribution in [1.82, 2.24) is 9.80 Å². The van der Waals surface area contributed by atoms with Crippen LogP contribution in [0.5, 0.6) is 23.0 Å². The summed E-state index contributed by atoms with van der Waals surface area (Å²) in [6, 6.07) is 0. The molecule has 1 amide bonds. The molecule has 4 aliphatic heterocycles. The molecule has 9 atom stereocenters. The highest BCUT2D eigenvalue weighted by atomic mass is 16.7. The number of phenols is 3. The third kappa shape index (κ3) is 9.29. The average Bonchev–Trinajstić information content (AvgIpc) is 3.49. The van der Waals surface area contributed by atoms with Crippen LogP contribution in [0.15, 0.2) is 36.1 Å². The number of aliphatic hydroxyl groups is 2. The zero-order valence-corrected chi connectivity index (χ0v) is 37.6. The molecule has 16 nitrogen and oxygen atoms in total. The highest BCUT2D eigenvalue weighted by Crippen LogP contribution is 2.55. The Morgan fingerprint density at radius 1 is 0.952 bits per heavy atom. The summed E-state index contributed by atoms with van der Waals surface area (Å²) in [5, 5.41) is 70.5. The molecule has 0 spiro atoms. The third-order valence-corrected chi connectivity index (χ3v) is 12.5. The number of aliphatic hydroxyl groups excluding tert-OH is 2. The fourth-order valence-electron chi connectivity index (χ4n) is 8.78. The van der Waals surface area contributed by atoms with Crippen LogP contribution in [0, 0.1) is 41.9 Å². The van der Waals surface area contributed by atoms with E-state index in [-0.39, 0.29) is 50.3 Å². The molecule has 6 rings (SSSR count). The number of esters is 1. The van der Waals surface area contributed by atoms with Gasteiger partial charge in [0, 0.05) is 93.9 Å². The molecular weight excluding hydrogens is 801 g/mol. The number of nitrogens with zero attached hydrogens (tertiary/aromatic N) is 2. The van der Waals surface area contributed by atoms with E-state index in [1.54, 1.807) is 44.7 Å². The molecule has 5 bridgehead atoms. The van der Waals surface area contributed by atoms with Gasteiger partial charge in [-0.3, -0.25) is 24.7 Å². The monoisotopic (exact) mass is 864 g/mol. The summed E-state index contributed by atoms with van der Waals surface area (Å²) in [5.74, 6) is -8.52. The zero-order chi connectivity index (χ0) is 46.1. The number of methoxy groups -OCH3 is 1. The molecule has 62 heavy (non-hydrogen) atoms. The summed E-state index contributed by atoms with van der Waals surface area (Å²) in [4.78, 5) is 44.8. The van der Waals surface area contributed by atoms with Gasteiger partial charge in [0.15, 0.2) is 5.75 Å². The number of ether oxygens (including phenoxy) is 4. The van der Waals surface area contributed by atoms with Crippen LogP contribution < -0.4 is 10.1 Å². The van der Waals surface area contributed by atoms with Gasteiger partial charge in [-0.15, -0.1) is 0 Å². The topological polar surface area (TPSA) is 232 Å². The summed E-state index contributed by atoms with van der Waals surface area (Å²) in [7, 11) is 1.43. The fourth-order valence-corrected chi connectivity index (χ4v) is 8.78. The Morgan fingerprint density at radius 3 is 2.19 bits per heavy atom. The summed E-state index contributed by atoms with van der Waals surface area (Å²) in [6.07, 6.45) is 3.48. The lowest BCUT2D eigenvalue weighted by Crippen LogP contribution is -2.49. The van der Waals surface area contributed by atoms with E-state index in [1.807, 2.05) is 0 Å². The van der Waals surface area contributed by atoms with Gasteiger partial charge in [0.25, 0.3) is 11.7 Å². The van der Waals surface area contributed by atoms with E-state index in [4.69, 9.17) is 18.9 Å². The minimum Gasteiger partial charge on any atom is -0.507 e. The maximum atomic E-state index is 14.6. The van der Waals surface area contributed by atoms with Crippen molar-refractivity contribution >= 4 is 40.0 Å². The summed E-state index contributed by atoms with van der Waals surface area (Å²) >= 11 is 0. The van der Waals surface area contributed by atoms with E-state index < -0.39 is 88.8 Å². The number of ketones is 1. The van der Waals surface area contributed by atoms with E-state index in [9.17, 15) is 45.3 Å². The van der Waals surface area contributed by atoms with Gasteiger partial charge in [-0.1, -0.05) is 59.8 Å². The predicted octanol–water partition coefficient (Wildman–Crippen LogP) is 5.35. The van der Waals surface area contributed by atoms with Crippen LogP contribution in [0.1, 0.15) is 83.8 Å². The van der Waals surface area contributed by atoms with E-state index in [0.717, 1.165) is 6.54 Å². The number of allylic oxidation sites excluding steroid dienone is 2. The molecular formula is C46H64N4O12. The zero-order valence-electron chi connectivity index (χ0n) is 37.6. The second kappa shape index (κ2) is 19.1. The van der Waals surface area contributed by atoms with Gasteiger partial charge in [-0.05, 0) is 25.8 Å². The predicted molar refractivity (Wildman–Crippen MR) is 233 cm³/mol. The number of aromatic hydroxyl groups is 3. The van der Waals surface area contributed by atoms with Gasteiger partial charge in [0.1, 0.15) is 29.2 Å². The van der Waals surface area contributed by atoms with Crippen molar-refractivity contribution in [3.8, 4) is 23.0 Å². The van der Waals surface area contributed by atoms with Gasteiger partial charge in [-0.2, -0.15) is 0 Å². The smallest absolute Gasteiger partial charge is 0.312 e. The molecule has 2 aromatic carbocycles. The average molecular weight is 865 g/mol. The number of piperazine rings is 1. The minimum absolute atomic E-state index is 0.0330. The quantitative estimate of drug-likeness (QED) is 0.0661. The second-order valence-corrected chi connectivity index (χ2v) is 17.6. The number of anilines is 1. The molecule has 0 radical (unpaired) electrons. The van der Waals surface area contributed by atoms with Gasteiger partial charge >= 0.3 is 11.8 Å². The number of carbonyl (C=O) groups is 3. The molecule has 1 saturated heterocycles. The lowest BCUT2D eigenvalue weighted by atomic mass is 9.78. The van der Waals surface area contributed by atoms with Crippen LogP contribution in [0.3, 0.4) is 0 Å². The molecule has 340 valence electrons. The second-order valence-electron chi connectivity index (χ2n) is 17.6. The first-order valence-electron chi connectivity index (χ1n) is 21.2. The minimum atomic E-state index is -2.08. The normalized spacial score (nSPS) is 29.1. The fraction of sp³-hybridized carbons (Fsp3) is 0.565. The Morgan fingerprint density at radius 2 is 1.60 bits per heavy atom. The number of nitrogens with one attached hydrogen (secondary N) is 2. The van der Waals surface area contributed by atoms with Gasteiger partial charge in [0.05, 0.1) is 46.8 Å². The van der Waals surface area contributed by atoms with Crippen molar-refractivity contribution in [2.75, 3.05) is 45.2 Å². The molecule has 0 aliphatic carbocycles. The van der Waals surface area contributed by atoms with Crippen LogP contribution in [0.25, 0.3) is 10.8 Å². The molecule has 7 N–H and O–H groups in total. The number of hydrogen-bond acceptors (Lipinski definition) is 14. The molecule has 0 aromatic heterocycles. The molecule has 4 aliphatic rings. The van der Waals surface area contributed by atoms with E-state index >= 15 is 0 Å². The van der Waals surface area contributed by atoms with Crippen molar-refractivity contribution in [2.45, 2.75) is 99.4 Å². The lowest BCUT2D eigenvalue weighted by molar-refractivity contribution is -0.160. The van der Waals surface area contributed by atoms with E-state index in [2.05, 4.69) is 24.1 Å². The molecule has 8 unspecified atom stereocenters. The molecule has 4 heterocycles. The SMILES string of the molecule is COC1C=CO[C@@]2(C)Oc3c(C)c(O)c4c(O)c(c(C(=N)N5CCN(CC(C)C)CC5)c(O)c4c3C2=O)NC(=O)C(C)=CC=CC(C)C(O)C(C)C(O)C(C)C(OC(C)=O)C1C. The van der Waals surface area contributed by atoms with Crippen molar-refractivity contribution in [2.24, 2.45) is 29.6 Å². The third-order valence-electron chi connectivity index (χ3n) is 12.5. The summed E-state index contributed by atoms with van der Waals surface area (Å²) < 4.78 is 23.7. The van der Waals surface area contributed by atoms with Crippen LogP contribution in [-0.4, -0.2) is 129 Å². The molecule has 0 saturated carbocycles. The van der Waals surface area contributed by atoms with Crippen molar-refractivity contribution in [1.29, 1.82) is 5.41 Å². The first-order valence-corrected chi connectivity index (χ1v) is 21.2. The first kappa shape index (κ1) is 47.9. The number of amides is 1. The number of fused-ring (bicyclic) bond motifs is 14. The first-order chi connectivity index (χ1) is 29.1. The number of rotatable bonds is 5. The van der Waals surface area contributed by atoms with Crippen molar-refractivity contribution in [3.63, 3.8) is 0 Å². The Labute approximate surface area is 363 Å². The van der Waals surface area contributed by atoms with Crippen LogP contribution in [0.4, 0.5) is 5.69 Å². The number of amidine groups is 1. The van der Waals surface area contributed by atoms with Gasteiger partial charge in [0.2, 0.25) is 0 Å². The highest BCUT2D eigenvalue weighted by molar-refractivity contribution is 6.25. The number of Topliss-reactive ketones (excluding diaryl/α,β-unsaturated/α-hetero) is 1. The maximum Gasteiger partial charge on any atom is 0.312 e. The highest BCUT2D eigenvalue weighted by Gasteiger charge is 2.50. The standard InChI is InChI=1S/C46H64N4O12/c1-22(2)21-49-16-18-50(19-17-49)44(47)34-35-40(56)32-31(39(34)55)33-42(28(8)38(32)54)62-46(10,43(33)57)60-20-15-30(59-11)25(5)41(61-29(9)51)27(7)37(53)26(6)36(52)23(3)13-12-14-24(4)45(58)48-35/h12-15,20,22-23,25-27,30,36-37,41,47,52-56H,16-19,21H2,1-11H3,(H,48,58)/t23?,25?,26?,27?,30?,36?,37?,41?,46-/m0/s1. The Hall–Kier alpha value is -5.16. The van der Waals surface area contributed by atoms with E-state index in [1.165, 1.54) is 53.2 Å². The molecule has 16 heteroatoms. The number of carbonyl (C=O) groups excluding carboxylic acids is 3. The largest absolute Gasteiger partial charge is 0.507 e. The number of hydrogen-bond donors (Lipinski definition) is 7. The van der Waals surface area contributed by atoms with Crippen LogP contribution in [0.2, 0.25) is 0 Å². The molecule has 1 fully saturated rings. The summed E-state index contributed by atoms with van der Waals surface area (Å²) in [5.41, 5.74) is -0.670. The van der Waals surface area contributed by atoms with Gasteiger partial charge < -0.3 is 54.7 Å². The van der Waals surface area contributed by atoms with Gasteiger partial charge in [-0.25, -0.2) is 0 Å². The summed E-state index contributed by atoms with van der Waals surface area (Å²) in [6.45, 7) is 19.6. The van der Waals surface area contributed by atoms with E-state index in [0.29, 0.717) is 32.1 Å². The van der Waals surface area contributed by atoms with Crippen LogP contribution in [-0.2, 0) is 23.8 Å². The lowest BCUT2D eigenvalue weighted by Gasteiger charge is -2.38. The number of benzene rings is 2. The molecule has 2 aromatic rings. The maximum absolute atomic E-state index is 14.6. The Bertz CT molecular complexity index is 2160.